The molecule has 0 aromatic heterocycles. The van der Waals surface area contributed by atoms with Crippen molar-refractivity contribution in [3.05, 3.63) is 12.2 Å². The van der Waals surface area contributed by atoms with Gasteiger partial charge >= 0.3 is 11.9 Å². The van der Waals surface area contributed by atoms with E-state index < -0.39 is 0 Å². The molecule has 4 aliphatic rings. The van der Waals surface area contributed by atoms with Crippen molar-refractivity contribution in [3.63, 3.8) is 0 Å². The van der Waals surface area contributed by atoms with E-state index in [1.54, 1.807) is 0 Å². The number of hydrogen-bond acceptors (Lipinski definition) is 4. The zero-order chi connectivity index (χ0) is 16.9. The Morgan fingerprint density at radius 3 is 3.00 bits per heavy atom. The molecule has 0 spiro atoms. The van der Waals surface area contributed by atoms with Crippen LogP contribution < -0.4 is 10.8 Å². The van der Waals surface area contributed by atoms with Gasteiger partial charge in [0.1, 0.15) is 18.6 Å². The van der Waals surface area contributed by atoms with Crippen molar-refractivity contribution in [2.45, 2.75) is 51.2 Å². The van der Waals surface area contributed by atoms with Gasteiger partial charge in [-0.15, -0.1) is 0 Å². The van der Waals surface area contributed by atoms with Crippen molar-refractivity contribution in [2.24, 2.45) is 23.2 Å². The maximum Gasteiger partial charge on any atom is 0.315 e. The minimum Gasteiger partial charge on any atom is -0.462 e. The normalized spacial score (nSPS) is 44.7. The van der Waals surface area contributed by atoms with Crippen LogP contribution in [0.15, 0.2) is 12.2 Å². The number of carbonyl (C=O) groups is 2. The molecule has 2 saturated heterocycles. The summed E-state index contributed by atoms with van der Waals surface area (Å²) in [6.07, 6.45) is 5.51. The smallest absolute Gasteiger partial charge is 0.315 e. The topological polar surface area (TPSA) is 81.2 Å². The molecular formula is C18H27N2O4+. The summed E-state index contributed by atoms with van der Waals surface area (Å²) in [6, 6.07) is -0.254. The summed E-state index contributed by atoms with van der Waals surface area (Å²) < 4.78 is 5.75. The molecule has 6 atom stereocenters. The van der Waals surface area contributed by atoms with Crippen LogP contribution in [-0.2, 0) is 19.2 Å². The number of hydroxylamine groups is 1. The quantitative estimate of drug-likeness (QED) is 0.574. The number of fused-ring (bicyclic) bond motifs is 2. The van der Waals surface area contributed by atoms with Gasteiger partial charge in [-0.3, -0.25) is 14.4 Å². The Labute approximate surface area is 142 Å². The molecule has 0 unspecified atom stereocenters. The van der Waals surface area contributed by atoms with Gasteiger partial charge in [0.25, 0.3) is 0 Å². The second kappa shape index (κ2) is 5.85. The van der Waals surface area contributed by atoms with E-state index in [1.807, 2.05) is 5.32 Å². The molecule has 1 amide bonds. The average Bonchev–Trinajstić information content (AvgIpc) is 3.05. The van der Waals surface area contributed by atoms with E-state index in [9.17, 15) is 9.59 Å². The highest BCUT2D eigenvalue weighted by molar-refractivity contribution is 5.80. The summed E-state index contributed by atoms with van der Waals surface area (Å²) in [5, 5.41) is 1.93. The third kappa shape index (κ3) is 2.56. The molecule has 2 saturated carbocycles. The number of ether oxygens (including phenoxy) is 1. The molecule has 2 aliphatic carbocycles. The van der Waals surface area contributed by atoms with Crippen LogP contribution >= 0.6 is 0 Å². The number of rotatable bonds is 3. The Kier molecular flexibility index (Phi) is 3.92. The fraction of sp³-hybridized carbons (Fsp3) is 0.778. The lowest BCUT2D eigenvalue weighted by Crippen LogP contribution is -2.93. The van der Waals surface area contributed by atoms with Gasteiger partial charge in [-0.2, -0.15) is 0 Å². The third-order valence-corrected chi connectivity index (χ3v) is 6.77. The van der Waals surface area contributed by atoms with Gasteiger partial charge in [0, 0.05) is 5.92 Å². The highest BCUT2D eigenvalue weighted by Crippen LogP contribution is 2.56. The molecule has 6 nitrogen and oxygen atoms in total. The van der Waals surface area contributed by atoms with Crippen molar-refractivity contribution in [3.8, 4) is 0 Å². The molecular weight excluding hydrogens is 308 g/mol. The molecule has 24 heavy (non-hydrogen) atoms. The highest BCUT2D eigenvalue weighted by atomic mass is 16.7. The minimum atomic E-state index is -0.254. The molecule has 2 heterocycles. The van der Waals surface area contributed by atoms with E-state index in [4.69, 9.17) is 9.57 Å². The SMILES string of the molecule is C=C1CCC[C@]2(C)C[C@H]3OC(=O)[C@H](C[NH2+][C@@H]4CONC4=O)[C@H]3C[C@@H]12. The average molecular weight is 335 g/mol. The van der Waals surface area contributed by atoms with Crippen LogP contribution in [-0.4, -0.2) is 37.2 Å². The number of carbonyl (C=O) groups excluding carboxylic acids is 2. The maximum absolute atomic E-state index is 12.4. The van der Waals surface area contributed by atoms with Crippen LogP contribution in [0.4, 0.5) is 0 Å². The zero-order valence-electron chi connectivity index (χ0n) is 14.3. The second-order valence-corrected chi connectivity index (χ2v) is 8.26. The van der Waals surface area contributed by atoms with Gasteiger partial charge in [0.2, 0.25) is 0 Å². The number of nitrogens with one attached hydrogen (secondary N) is 1. The first kappa shape index (κ1) is 16.1. The fourth-order valence-corrected chi connectivity index (χ4v) is 5.37. The van der Waals surface area contributed by atoms with E-state index in [1.165, 1.54) is 18.4 Å². The lowest BCUT2D eigenvalue weighted by molar-refractivity contribution is -0.679. The van der Waals surface area contributed by atoms with Gasteiger partial charge in [-0.1, -0.05) is 19.1 Å². The van der Waals surface area contributed by atoms with Crippen molar-refractivity contribution in [1.29, 1.82) is 0 Å². The summed E-state index contributed by atoms with van der Waals surface area (Å²) in [7, 11) is 0. The van der Waals surface area contributed by atoms with Gasteiger partial charge in [0.15, 0.2) is 6.04 Å². The molecule has 6 heteroatoms. The summed E-state index contributed by atoms with van der Waals surface area (Å²) in [6.45, 7) is 7.60. The van der Waals surface area contributed by atoms with Crippen molar-refractivity contribution in [1.82, 2.24) is 5.48 Å². The van der Waals surface area contributed by atoms with Crippen LogP contribution in [0, 0.1) is 23.2 Å². The molecule has 0 radical (unpaired) electrons. The van der Waals surface area contributed by atoms with E-state index in [2.05, 4.69) is 19.0 Å². The Morgan fingerprint density at radius 1 is 1.42 bits per heavy atom. The second-order valence-electron chi connectivity index (χ2n) is 8.26. The standard InChI is InChI=1S/C18H26N2O4/c1-10-4-3-5-18(2)7-15-11(6-13(10)18)12(17(22)24-15)8-19-14-9-23-20-16(14)21/h11-15,19H,1,3-9H2,2H3,(H,20,21)/p+1/t11-,12-,13+,14-,15-,18-/m1/s1. The molecule has 0 aromatic rings. The number of nitrogens with two attached hydrogens (primary N) is 1. The van der Waals surface area contributed by atoms with Crippen LogP contribution in [0.25, 0.3) is 0 Å². The lowest BCUT2D eigenvalue weighted by atomic mass is 9.55. The predicted octanol–water partition coefficient (Wildman–Crippen LogP) is 0.294. The number of allylic oxidation sites excluding steroid dienone is 1. The summed E-state index contributed by atoms with van der Waals surface area (Å²) in [5.41, 5.74) is 3.95. The zero-order valence-corrected chi connectivity index (χ0v) is 14.3. The van der Waals surface area contributed by atoms with E-state index in [0.29, 0.717) is 19.1 Å². The van der Waals surface area contributed by atoms with Crippen molar-refractivity contribution in [2.75, 3.05) is 13.2 Å². The Balaban J connectivity index is 1.46. The van der Waals surface area contributed by atoms with Gasteiger partial charge in [-0.25, -0.2) is 5.48 Å². The molecule has 3 N–H and O–H groups in total. The number of amides is 1. The summed E-state index contributed by atoms with van der Waals surface area (Å²) in [5.74, 6) is 0.431. The number of hydrogen-bond donors (Lipinski definition) is 2. The summed E-state index contributed by atoms with van der Waals surface area (Å²) >= 11 is 0. The summed E-state index contributed by atoms with van der Waals surface area (Å²) in [4.78, 5) is 29.0. The highest BCUT2D eigenvalue weighted by Gasteiger charge is 2.55. The number of esters is 1. The van der Waals surface area contributed by atoms with Gasteiger partial charge < -0.3 is 10.1 Å². The third-order valence-electron chi connectivity index (χ3n) is 6.77. The van der Waals surface area contributed by atoms with Crippen LogP contribution in [0.1, 0.15) is 39.0 Å². The largest absolute Gasteiger partial charge is 0.462 e. The van der Waals surface area contributed by atoms with Crippen LogP contribution in [0.2, 0.25) is 0 Å². The van der Waals surface area contributed by atoms with Gasteiger partial charge in [0.05, 0.1) is 6.54 Å². The molecule has 4 fully saturated rings. The first-order chi connectivity index (χ1) is 11.5. The minimum absolute atomic E-state index is 0.0386. The van der Waals surface area contributed by atoms with Crippen LogP contribution in [0.5, 0.6) is 0 Å². The number of quaternary nitrogens is 1. The van der Waals surface area contributed by atoms with Crippen molar-refractivity contribution < 1.29 is 24.5 Å². The van der Waals surface area contributed by atoms with Crippen LogP contribution in [0.3, 0.4) is 0 Å². The Hall–Kier alpha value is -1.40. The molecule has 0 bridgehead atoms. The molecule has 4 rings (SSSR count). The van der Waals surface area contributed by atoms with E-state index in [-0.39, 0.29) is 41.3 Å². The molecule has 2 aliphatic heterocycles. The lowest BCUT2D eigenvalue weighted by Gasteiger charge is -2.49. The van der Waals surface area contributed by atoms with E-state index >= 15 is 0 Å². The fourth-order valence-electron chi connectivity index (χ4n) is 5.37. The molecule has 0 aromatic carbocycles. The maximum atomic E-state index is 12.4. The first-order valence-corrected chi connectivity index (χ1v) is 9.11. The Morgan fingerprint density at radius 2 is 2.25 bits per heavy atom. The predicted molar refractivity (Wildman–Crippen MR) is 85.4 cm³/mol. The monoisotopic (exact) mass is 335 g/mol. The first-order valence-electron chi connectivity index (χ1n) is 9.11. The van der Waals surface area contributed by atoms with Crippen molar-refractivity contribution >= 4 is 11.9 Å². The molecule has 132 valence electrons. The van der Waals surface area contributed by atoms with E-state index in [0.717, 1.165) is 19.3 Å². The van der Waals surface area contributed by atoms with Gasteiger partial charge in [-0.05, 0) is 43.4 Å². The Bertz CT molecular complexity index is 577.